The Balaban J connectivity index is 1.79. The highest BCUT2D eigenvalue weighted by molar-refractivity contribution is 5.91. The van der Waals surface area contributed by atoms with Crippen LogP contribution in [-0.4, -0.2) is 33.8 Å². The van der Waals surface area contributed by atoms with E-state index in [1.165, 1.54) is 12.1 Å². The first-order chi connectivity index (χ1) is 12.7. The van der Waals surface area contributed by atoms with Crippen molar-refractivity contribution < 1.29 is 32.4 Å². The van der Waals surface area contributed by atoms with E-state index in [1.807, 2.05) is 0 Å². The average molecular weight is 386 g/mol. The van der Waals surface area contributed by atoms with Gasteiger partial charge in [0, 0.05) is 11.8 Å². The predicted octanol–water partition coefficient (Wildman–Crippen LogP) is 2.53. The number of nitro groups is 1. The van der Waals surface area contributed by atoms with Crippen LogP contribution in [0.4, 0.5) is 24.5 Å². The van der Waals surface area contributed by atoms with Crippen LogP contribution < -0.4 is 14.8 Å². The van der Waals surface area contributed by atoms with E-state index in [9.17, 15) is 28.1 Å². The normalized spacial score (nSPS) is 13.3. The molecule has 1 aliphatic heterocycles. The van der Waals surface area contributed by atoms with Gasteiger partial charge in [0.1, 0.15) is 25.5 Å². The van der Waals surface area contributed by atoms with Crippen molar-refractivity contribution in [2.45, 2.75) is 19.6 Å². The molecule has 1 aliphatic rings. The van der Waals surface area contributed by atoms with E-state index in [0.29, 0.717) is 35.1 Å². The molecule has 0 radical (unpaired) electrons. The number of hydrogen-bond acceptors (Lipinski definition) is 6. The minimum atomic E-state index is -5.01. The van der Waals surface area contributed by atoms with Gasteiger partial charge in [-0.2, -0.15) is 18.3 Å². The van der Waals surface area contributed by atoms with Gasteiger partial charge in [0.15, 0.2) is 11.5 Å². The van der Waals surface area contributed by atoms with Gasteiger partial charge < -0.3 is 14.8 Å². The summed E-state index contributed by atoms with van der Waals surface area (Å²) in [4.78, 5) is 21.9. The summed E-state index contributed by atoms with van der Waals surface area (Å²) in [7, 11) is 0. The van der Waals surface area contributed by atoms with Crippen LogP contribution in [0.25, 0.3) is 0 Å². The maximum Gasteiger partial charge on any atom is 0.442 e. The van der Waals surface area contributed by atoms with Gasteiger partial charge in [0.05, 0.1) is 4.92 Å². The van der Waals surface area contributed by atoms with E-state index in [-0.39, 0.29) is 5.69 Å². The zero-order valence-electron chi connectivity index (χ0n) is 13.9. The van der Waals surface area contributed by atoms with E-state index in [4.69, 9.17) is 9.47 Å². The second kappa shape index (κ2) is 6.78. The van der Waals surface area contributed by atoms with Crippen molar-refractivity contribution in [1.82, 2.24) is 9.78 Å². The van der Waals surface area contributed by atoms with Crippen LogP contribution in [0.3, 0.4) is 0 Å². The van der Waals surface area contributed by atoms with Crippen LogP contribution in [0.5, 0.6) is 11.5 Å². The van der Waals surface area contributed by atoms with Crippen LogP contribution in [-0.2, 0) is 17.5 Å². The molecule has 0 atom stereocenters. The lowest BCUT2D eigenvalue weighted by molar-refractivity contribution is -0.388. The summed E-state index contributed by atoms with van der Waals surface area (Å²) < 4.78 is 50.2. The second-order valence-corrected chi connectivity index (χ2v) is 5.60. The second-order valence-electron chi connectivity index (χ2n) is 5.60. The number of hydrogen-bond donors (Lipinski definition) is 1. The molecule has 1 N–H and O–H groups in total. The summed E-state index contributed by atoms with van der Waals surface area (Å²) in [5.41, 5.74) is -2.85. The SMILES string of the molecule is Cc1c([N+](=O)[O-])c(C(F)(F)F)nn1CC(=O)Nc1ccc2c(c1)OCCO2. The fourth-order valence-electron chi connectivity index (χ4n) is 2.56. The molecule has 0 unspecified atom stereocenters. The van der Waals surface area contributed by atoms with E-state index >= 15 is 0 Å². The number of amides is 1. The number of anilines is 1. The molecule has 144 valence electrons. The smallest absolute Gasteiger partial charge is 0.442 e. The quantitative estimate of drug-likeness (QED) is 0.639. The van der Waals surface area contributed by atoms with Gasteiger partial charge >= 0.3 is 11.9 Å². The number of benzene rings is 1. The van der Waals surface area contributed by atoms with Crippen molar-refractivity contribution in [3.05, 3.63) is 39.7 Å². The maximum absolute atomic E-state index is 12.9. The molecule has 3 rings (SSSR count). The maximum atomic E-state index is 12.9. The van der Waals surface area contributed by atoms with E-state index in [2.05, 4.69) is 10.4 Å². The fraction of sp³-hybridized carbons (Fsp3) is 0.333. The van der Waals surface area contributed by atoms with Crippen LogP contribution in [0, 0.1) is 17.0 Å². The lowest BCUT2D eigenvalue weighted by Crippen LogP contribution is -2.21. The van der Waals surface area contributed by atoms with Gasteiger partial charge in [0.25, 0.3) is 0 Å². The molecule has 2 aromatic rings. The van der Waals surface area contributed by atoms with Gasteiger partial charge in [-0.05, 0) is 19.1 Å². The van der Waals surface area contributed by atoms with E-state index in [1.54, 1.807) is 6.07 Å². The highest BCUT2D eigenvalue weighted by atomic mass is 19.4. The molecule has 0 bridgehead atoms. The number of ether oxygens (including phenoxy) is 2. The number of halogens is 3. The predicted molar refractivity (Wildman–Crippen MR) is 84.7 cm³/mol. The molecular weight excluding hydrogens is 373 g/mol. The number of carbonyl (C=O) groups is 1. The molecule has 0 fully saturated rings. The Morgan fingerprint density at radius 1 is 1.33 bits per heavy atom. The Bertz CT molecular complexity index is 910. The van der Waals surface area contributed by atoms with Crippen molar-refractivity contribution in [2.24, 2.45) is 0 Å². The highest BCUT2D eigenvalue weighted by Crippen LogP contribution is 2.37. The van der Waals surface area contributed by atoms with Crippen molar-refractivity contribution in [3.8, 4) is 11.5 Å². The molecule has 1 amide bonds. The monoisotopic (exact) mass is 386 g/mol. The molecule has 9 nitrogen and oxygen atoms in total. The van der Waals surface area contributed by atoms with Crippen LogP contribution >= 0.6 is 0 Å². The first kappa shape index (κ1) is 18.5. The first-order valence-electron chi connectivity index (χ1n) is 7.65. The Morgan fingerprint density at radius 2 is 2.00 bits per heavy atom. The number of nitrogens with zero attached hydrogens (tertiary/aromatic N) is 3. The fourth-order valence-corrected chi connectivity index (χ4v) is 2.56. The molecule has 27 heavy (non-hydrogen) atoms. The minimum absolute atomic E-state index is 0.333. The molecule has 1 aromatic heterocycles. The van der Waals surface area contributed by atoms with Gasteiger partial charge in [0.2, 0.25) is 11.6 Å². The Labute approximate surface area is 149 Å². The summed E-state index contributed by atoms with van der Waals surface area (Å²) in [5.74, 6) is 0.220. The Morgan fingerprint density at radius 3 is 2.59 bits per heavy atom. The highest BCUT2D eigenvalue weighted by Gasteiger charge is 2.44. The zero-order chi connectivity index (χ0) is 19.8. The van der Waals surface area contributed by atoms with Gasteiger partial charge in [-0.25, -0.2) is 0 Å². The summed E-state index contributed by atoms with van der Waals surface area (Å²) >= 11 is 0. The molecule has 0 saturated heterocycles. The first-order valence-corrected chi connectivity index (χ1v) is 7.65. The van der Waals surface area contributed by atoms with Gasteiger partial charge in [-0.3, -0.25) is 19.6 Å². The molecule has 12 heteroatoms. The third kappa shape index (κ3) is 3.78. The Kier molecular flexibility index (Phi) is 4.64. The third-order valence-corrected chi connectivity index (χ3v) is 3.75. The lowest BCUT2D eigenvalue weighted by Gasteiger charge is -2.19. The summed E-state index contributed by atoms with van der Waals surface area (Å²) in [6.45, 7) is 1.22. The molecular formula is C15H13F3N4O5. The summed E-state index contributed by atoms with van der Waals surface area (Å²) in [6, 6.07) is 4.62. The van der Waals surface area contributed by atoms with Gasteiger partial charge in [-0.1, -0.05) is 0 Å². The van der Waals surface area contributed by atoms with E-state index < -0.39 is 34.9 Å². The number of aromatic nitrogens is 2. The summed E-state index contributed by atoms with van der Waals surface area (Å²) in [5, 5.41) is 16.6. The average Bonchev–Trinajstić information content (AvgIpc) is 2.91. The van der Waals surface area contributed by atoms with Crippen LogP contribution in [0.2, 0.25) is 0 Å². The Hall–Kier alpha value is -3.31. The molecule has 0 saturated carbocycles. The molecule has 0 spiro atoms. The number of fused-ring (bicyclic) bond motifs is 1. The zero-order valence-corrected chi connectivity index (χ0v) is 13.9. The van der Waals surface area contributed by atoms with Crippen LogP contribution in [0.1, 0.15) is 11.4 Å². The number of rotatable bonds is 4. The number of alkyl halides is 3. The van der Waals surface area contributed by atoms with Crippen LogP contribution in [0.15, 0.2) is 18.2 Å². The summed E-state index contributed by atoms with van der Waals surface area (Å²) in [6.07, 6.45) is -5.01. The minimum Gasteiger partial charge on any atom is -0.486 e. The number of carbonyl (C=O) groups excluding carboxylic acids is 1. The molecule has 1 aromatic carbocycles. The largest absolute Gasteiger partial charge is 0.486 e. The number of nitrogens with one attached hydrogen (secondary N) is 1. The van der Waals surface area contributed by atoms with Crippen molar-refractivity contribution in [2.75, 3.05) is 18.5 Å². The topological polar surface area (TPSA) is 109 Å². The van der Waals surface area contributed by atoms with E-state index in [0.717, 1.165) is 6.92 Å². The lowest BCUT2D eigenvalue weighted by atomic mass is 10.2. The van der Waals surface area contributed by atoms with Gasteiger partial charge in [-0.15, -0.1) is 0 Å². The molecule has 0 aliphatic carbocycles. The standard InChI is InChI=1S/C15H13F3N4O5/c1-8-13(22(24)25)14(15(16,17)18)20-21(8)7-12(23)19-9-2-3-10-11(6-9)27-5-4-26-10/h2-3,6H,4-5,7H2,1H3,(H,19,23). The third-order valence-electron chi connectivity index (χ3n) is 3.75. The van der Waals surface area contributed by atoms with Crippen molar-refractivity contribution in [1.29, 1.82) is 0 Å². The van der Waals surface area contributed by atoms with Crippen molar-refractivity contribution in [3.63, 3.8) is 0 Å². The van der Waals surface area contributed by atoms with Crippen molar-refractivity contribution >= 4 is 17.3 Å². The molecule has 2 heterocycles.